The van der Waals surface area contributed by atoms with Crippen molar-refractivity contribution in [1.29, 1.82) is 0 Å². The number of nitrogens with zero attached hydrogens (tertiary/aromatic N) is 2. The molecule has 0 radical (unpaired) electrons. The van der Waals surface area contributed by atoms with Crippen LogP contribution in [0.4, 0.5) is 0 Å². The van der Waals surface area contributed by atoms with Gasteiger partial charge in [0.1, 0.15) is 18.3 Å². The summed E-state index contributed by atoms with van der Waals surface area (Å²) in [4.78, 5) is 19.4. The first-order valence-electron chi connectivity index (χ1n) is 6.27. The van der Waals surface area contributed by atoms with Gasteiger partial charge >= 0.3 is 5.97 Å². The van der Waals surface area contributed by atoms with Crippen LogP contribution >= 0.6 is 0 Å². The summed E-state index contributed by atoms with van der Waals surface area (Å²) in [6.07, 6.45) is 2.38. The van der Waals surface area contributed by atoms with E-state index in [4.69, 9.17) is 14.2 Å². The van der Waals surface area contributed by atoms with Gasteiger partial charge in [-0.15, -0.1) is 0 Å². The summed E-state index contributed by atoms with van der Waals surface area (Å²) >= 11 is 0. The first-order chi connectivity index (χ1) is 10.7. The Morgan fingerprint density at radius 2 is 1.82 bits per heavy atom. The molecule has 1 heterocycles. The molecule has 114 valence electrons. The van der Waals surface area contributed by atoms with Crippen molar-refractivity contribution in [3.8, 4) is 17.5 Å². The highest BCUT2D eigenvalue weighted by atomic mass is 16.6. The molecule has 0 aliphatic heterocycles. The summed E-state index contributed by atoms with van der Waals surface area (Å²) in [6, 6.07) is 10.6. The number of rotatable bonds is 6. The number of carbonyl (C=O) groups excluding carboxylic acids is 1. The maximum Gasteiger partial charge on any atom is 0.377 e. The van der Waals surface area contributed by atoms with Gasteiger partial charge in [-0.2, -0.15) is 0 Å². The monoisotopic (exact) mass is 302 g/mol. The van der Waals surface area contributed by atoms with E-state index in [1.165, 1.54) is 26.6 Å². The molecule has 0 spiro atoms. The van der Waals surface area contributed by atoms with Crippen LogP contribution < -0.4 is 9.47 Å². The predicted octanol–water partition coefficient (Wildman–Crippen LogP) is 2.31. The normalized spacial score (nSPS) is 10.7. The summed E-state index contributed by atoms with van der Waals surface area (Å²) in [5.41, 5.74) is 0. The number of para-hydroxylation sites is 1. The Hall–Kier alpha value is -3.09. The molecule has 0 bridgehead atoms. The van der Waals surface area contributed by atoms with Crippen LogP contribution in [0.1, 0.15) is 0 Å². The molecule has 7 heteroatoms. The minimum absolute atomic E-state index is 0.120. The topological polar surface area (TPSA) is 79.8 Å². The summed E-state index contributed by atoms with van der Waals surface area (Å²) < 4.78 is 20.2. The van der Waals surface area contributed by atoms with Crippen LogP contribution in [0.3, 0.4) is 0 Å². The lowest BCUT2D eigenvalue weighted by Gasteiger charge is -2.08. The van der Waals surface area contributed by atoms with Crippen molar-refractivity contribution >= 4 is 5.97 Å². The Labute approximate surface area is 127 Å². The lowest BCUT2D eigenvalue weighted by atomic mass is 10.3. The molecule has 0 aliphatic rings. The van der Waals surface area contributed by atoms with Crippen molar-refractivity contribution in [3.63, 3.8) is 0 Å². The largest absolute Gasteiger partial charge is 0.500 e. The Bertz CT molecular complexity index is 658. The van der Waals surface area contributed by atoms with Crippen molar-refractivity contribution in [2.24, 2.45) is 0 Å². The van der Waals surface area contributed by atoms with Crippen molar-refractivity contribution < 1.29 is 23.7 Å². The van der Waals surface area contributed by atoms with Gasteiger partial charge in [0.05, 0.1) is 20.3 Å². The summed E-state index contributed by atoms with van der Waals surface area (Å²) in [5, 5.41) is 0. The van der Waals surface area contributed by atoms with E-state index in [1.54, 1.807) is 12.1 Å². The lowest BCUT2D eigenvalue weighted by Crippen LogP contribution is -2.12. The number of ether oxygens (including phenoxy) is 4. The fourth-order valence-electron chi connectivity index (χ4n) is 1.48. The molecule has 0 amide bonds. The second-order valence-electron chi connectivity index (χ2n) is 3.92. The molecule has 2 rings (SSSR count). The van der Waals surface area contributed by atoms with E-state index >= 15 is 0 Å². The quantitative estimate of drug-likeness (QED) is 0.460. The molecule has 7 nitrogen and oxygen atoms in total. The second kappa shape index (κ2) is 7.63. The van der Waals surface area contributed by atoms with Crippen LogP contribution in [-0.4, -0.2) is 30.2 Å². The van der Waals surface area contributed by atoms with E-state index in [0.29, 0.717) is 5.75 Å². The van der Waals surface area contributed by atoms with E-state index in [-0.39, 0.29) is 17.5 Å². The van der Waals surface area contributed by atoms with Gasteiger partial charge < -0.3 is 18.9 Å². The van der Waals surface area contributed by atoms with Crippen molar-refractivity contribution in [1.82, 2.24) is 9.97 Å². The van der Waals surface area contributed by atoms with Gasteiger partial charge in [-0.3, -0.25) is 0 Å². The first-order valence-corrected chi connectivity index (χ1v) is 6.27. The fourth-order valence-corrected chi connectivity index (χ4v) is 1.48. The number of esters is 1. The first kappa shape index (κ1) is 15.3. The molecule has 2 aromatic rings. The van der Waals surface area contributed by atoms with E-state index < -0.39 is 5.97 Å². The summed E-state index contributed by atoms with van der Waals surface area (Å²) in [5.74, 6) is 0.181. The van der Waals surface area contributed by atoms with Crippen molar-refractivity contribution in [2.45, 2.75) is 0 Å². The molecule has 0 N–H and O–H groups in total. The van der Waals surface area contributed by atoms with Crippen LogP contribution in [0.25, 0.3) is 0 Å². The fraction of sp³-hybridized carbons (Fsp3) is 0.133. The average molecular weight is 302 g/mol. The third kappa shape index (κ3) is 4.20. The van der Waals surface area contributed by atoms with Gasteiger partial charge in [-0.1, -0.05) is 18.2 Å². The molecule has 0 unspecified atom stereocenters. The van der Waals surface area contributed by atoms with Gasteiger partial charge in [-0.05, 0) is 12.1 Å². The van der Waals surface area contributed by atoms with Crippen LogP contribution in [0.5, 0.6) is 17.5 Å². The van der Waals surface area contributed by atoms with Crippen LogP contribution in [0.2, 0.25) is 0 Å². The molecule has 1 aromatic carbocycles. The number of methoxy groups -OCH3 is 2. The van der Waals surface area contributed by atoms with Gasteiger partial charge in [0.2, 0.25) is 17.5 Å². The minimum atomic E-state index is -0.689. The molecule has 0 saturated heterocycles. The van der Waals surface area contributed by atoms with Crippen molar-refractivity contribution in [3.05, 3.63) is 54.7 Å². The summed E-state index contributed by atoms with van der Waals surface area (Å²) in [7, 11) is 2.62. The van der Waals surface area contributed by atoms with Gasteiger partial charge in [-0.25, -0.2) is 14.8 Å². The second-order valence-corrected chi connectivity index (χ2v) is 3.92. The van der Waals surface area contributed by atoms with E-state index in [0.717, 1.165) is 6.26 Å². The Balaban J connectivity index is 2.14. The number of hydrogen-bond donors (Lipinski definition) is 0. The SMILES string of the molecule is CO/C=C(/Oc1cc(Oc2ccccc2)ncn1)C(=O)OC. The van der Waals surface area contributed by atoms with Gasteiger partial charge in [0, 0.05) is 0 Å². The Kier molecular flexibility index (Phi) is 5.31. The van der Waals surface area contributed by atoms with Crippen LogP contribution in [0, 0.1) is 0 Å². The van der Waals surface area contributed by atoms with Gasteiger partial charge in [0.25, 0.3) is 0 Å². The Morgan fingerprint density at radius 3 is 2.50 bits per heavy atom. The molecule has 22 heavy (non-hydrogen) atoms. The van der Waals surface area contributed by atoms with E-state index in [9.17, 15) is 4.79 Å². The predicted molar refractivity (Wildman–Crippen MR) is 76.3 cm³/mol. The standard InChI is InChI=1S/C15H14N2O5/c1-19-9-12(15(18)20-2)22-14-8-13(16-10-17-14)21-11-6-4-3-5-7-11/h3-10H,1-2H3/b12-9+. The van der Waals surface area contributed by atoms with E-state index in [1.807, 2.05) is 18.2 Å². The molecule has 1 aromatic heterocycles. The highest BCUT2D eigenvalue weighted by Gasteiger charge is 2.14. The smallest absolute Gasteiger partial charge is 0.377 e. The molecule has 0 atom stereocenters. The van der Waals surface area contributed by atoms with Gasteiger partial charge in [0.15, 0.2) is 0 Å². The Morgan fingerprint density at radius 1 is 1.09 bits per heavy atom. The third-order valence-corrected chi connectivity index (χ3v) is 2.41. The van der Waals surface area contributed by atoms with Crippen LogP contribution in [0.15, 0.2) is 54.7 Å². The van der Waals surface area contributed by atoms with Crippen molar-refractivity contribution in [2.75, 3.05) is 14.2 Å². The highest BCUT2D eigenvalue weighted by molar-refractivity contribution is 5.86. The summed E-state index contributed by atoms with van der Waals surface area (Å²) in [6.45, 7) is 0. The zero-order valence-corrected chi connectivity index (χ0v) is 12.1. The number of aromatic nitrogens is 2. The molecule has 0 aliphatic carbocycles. The average Bonchev–Trinajstić information content (AvgIpc) is 2.55. The maximum absolute atomic E-state index is 11.5. The lowest BCUT2D eigenvalue weighted by molar-refractivity contribution is -0.138. The number of carbonyl (C=O) groups is 1. The molecule has 0 saturated carbocycles. The third-order valence-electron chi connectivity index (χ3n) is 2.41. The maximum atomic E-state index is 11.5. The number of hydrogen-bond acceptors (Lipinski definition) is 7. The van der Waals surface area contributed by atoms with E-state index in [2.05, 4.69) is 14.7 Å². The van der Waals surface area contributed by atoms with Crippen LogP contribution in [-0.2, 0) is 14.3 Å². The highest BCUT2D eigenvalue weighted by Crippen LogP contribution is 2.22. The molecular weight excluding hydrogens is 288 g/mol. The molecule has 0 fully saturated rings. The number of benzene rings is 1. The molecular formula is C15H14N2O5. The zero-order valence-electron chi connectivity index (χ0n) is 12.1. The zero-order chi connectivity index (χ0) is 15.8. The minimum Gasteiger partial charge on any atom is -0.500 e.